The van der Waals surface area contributed by atoms with E-state index in [0.717, 1.165) is 37.1 Å². The van der Waals surface area contributed by atoms with Gasteiger partial charge in [0.25, 0.3) is 0 Å². The van der Waals surface area contributed by atoms with E-state index in [2.05, 4.69) is 18.4 Å². The molecule has 1 aromatic heterocycles. The smallest absolute Gasteiger partial charge is 0.311 e. The number of nitrogens with zero attached hydrogens (tertiary/aromatic N) is 2. The van der Waals surface area contributed by atoms with Gasteiger partial charge in [-0.1, -0.05) is 12.8 Å². The van der Waals surface area contributed by atoms with Crippen molar-refractivity contribution in [2.24, 2.45) is 5.92 Å². The molecule has 0 radical (unpaired) electrons. The van der Waals surface area contributed by atoms with Crippen molar-refractivity contribution in [2.75, 3.05) is 13.2 Å². The standard InChI is InChI=1S/C21H30N2O4/c1-13(2)23-14(3)9-18(15(23)4)19(24)12-27-21(26)16-10-20(25)22(11-16)17-7-5-6-8-17/h9,13,16-17H,5-8,10-12H2,1-4H3/t16-/m1/s1. The minimum atomic E-state index is -0.450. The number of rotatable bonds is 6. The molecule has 1 saturated heterocycles. The van der Waals surface area contributed by atoms with Gasteiger partial charge in [-0.2, -0.15) is 0 Å². The number of aryl methyl sites for hydroxylation is 1. The first kappa shape index (κ1) is 19.6. The molecule has 27 heavy (non-hydrogen) atoms. The number of hydrogen-bond acceptors (Lipinski definition) is 4. The number of ketones is 1. The minimum Gasteiger partial charge on any atom is -0.457 e. The molecular formula is C21H30N2O4. The van der Waals surface area contributed by atoms with Crippen molar-refractivity contribution in [2.45, 2.75) is 71.9 Å². The van der Waals surface area contributed by atoms with Gasteiger partial charge < -0.3 is 14.2 Å². The van der Waals surface area contributed by atoms with Crippen LogP contribution in [0, 0.1) is 19.8 Å². The number of amides is 1. The van der Waals surface area contributed by atoms with E-state index >= 15 is 0 Å². The fourth-order valence-corrected chi connectivity index (χ4v) is 4.64. The molecule has 0 aromatic carbocycles. The van der Waals surface area contributed by atoms with Crippen LogP contribution < -0.4 is 0 Å². The third-order valence-electron chi connectivity index (χ3n) is 5.90. The third kappa shape index (κ3) is 3.94. The van der Waals surface area contributed by atoms with E-state index in [1.165, 1.54) is 0 Å². The molecule has 0 unspecified atom stereocenters. The fourth-order valence-electron chi connectivity index (χ4n) is 4.64. The van der Waals surface area contributed by atoms with E-state index < -0.39 is 11.9 Å². The second-order valence-electron chi connectivity index (χ2n) is 8.16. The number of aromatic nitrogens is 1. The lowest BCUT2D eigenvalue weighted by Gasteiger charge is -2.23. The van der Waals surface area contributed by atoms with E-state index in [9.17, 15) is 14.4 Å². The summed E-state index contributed by atoms with van der Waals surface area (Å²) in [6.45, 7) is 8.19. The molecule has 2 fully saturated rings. The highest BCUT2D eigenvalue weighted by atomic mass is 16.5. The Hall–Kier alpha value is -2.11. The van der Waals surface area contributed by atoms with Gasteiger partial charge in [0.05, 0.1) is 5.92 Å². The summed E-state index contributed by atoms with van der Waals surface area (Å²) >= 11 is 0. The van der Waals surface area contributed by atoms with Crippen LogP contribution in [0.15, 0.2) is 6.07 Å². The molecule has 2 aliphatic rings. The summed E-state index contributed by atoms with van der Waals surface area (Å²) in [7, 11) is 0. The summed E-state index contributed by atoms with van der Waals surface area (Å²) < 4.78 is 7.39. The largest absolute Gasteiger partial charge is 0.457 e. The molecule has 1 saturated carbocycles. The van der Waals surface area contributed by atoms with Gasteiger partial charge in [0.2, 0.25) is 11.7 Å². The Kier molecular flexibility index (Phi) is 5.72. The molecule has 148 valence electrons. The molecule has 1 atom stereocenters. The summed E-state index contributed by atoms with van der Waals surface area (Å²) in [5.41, 5.74) is 2.52. The van der Waals surface area contributed by atoms with Crippen molar-refractivity contribution in [3.05, 3.63) is 23.0 Å². The third-order valence-corrected chi connectivity index (χ3v) is 5.90. The first-order valence-electron chi connectivity index (χ1n) is 9.97. The number of likely N-dealkylation sites (tertiary alicyclic amines) is 1. The van der Waals surface area contributed by atoms with Crippen LogP contribution in [0.5, 0.6) is 0 Å². The molecule has 0 bridgehead atoms. The highest BCUT2D eigenvalue weighted by Gasteiger charge is 2.39. The van der Waals surface area contributed by atoms with Crippen molar-refractivity contribution in [3.63, 3.8) is 0 Å². The van der Waals surface area contributed by atoms with E-state index in [4.69, 9.17) is 4.74 Å². The Morgan fingerprint density at radius 3 is 2.48 bits per heavy atom. The van der Waals surface area contributed by atoms with Crippen LogP contribution in [0.25, 0.3) is 0 Å². The van der Waals surface area contributed by atoms with Crippen LogP contribution in [0.2, 0.25) is 0 Å². The van der Waals surface area contributed by atoms with Gasteiger partial charge >= 0.3 is 5.97 Å². The van der Waals surface area contributed by atoms with E-state index in [-0.39, 0.29) is 36.8 Å². The Morgan fingerprint density at radius 1 is 1.22 bits per heavy atom. The summed E-state index contributed by atoms with van der Waals surface area (Å²) in [5.74, 6) is -1.04. The Bertz CT molecular complexity index is 744. The van der Waals surface area contributed by atoms with Crippen molar-refractivity contribution >= 4 is 17.7 Å². The van der Waals surface area contributed by atoms with Crippen LogP contribution in [-0.4, -0.2) is 46.3 Å². The molecule has 6 heteroatoms. The first-order valence-corrected chi connectivity index (χ1v) is 9.97. The fraction of sp³-hybridized carbons (Fsp3) is 0.667. The number of esters is 1. The zero-order chi connectivity index (χ0) is 19.7. The minimum absolute atomic E-state index is 0.0376. The van der Waals surface area contributed by atoms with Crippen molar-refractivity contribution in [3.8, 4) is 0 Å². The van der Waals surface area contributed by atoms with Crippen LogP contribution in [0.1, 0.15) is 73.7 Å². The quantitative estimate of drug-likeness (QED) is 0.566. The maximum Gasteiger partial charge on any atom is 0.311 e. The molecule has 6 nitrogen and oxygen atoms in total. The molecule has 1 aliphatic heterocycles. The Labute approximate surface area is 160 Å². The normalized spacial score (nSPS) is 20.7. The van der Waals surface area contributed by atoms with Crippen LogP contribution in [0.4, 0.5) is 0 Å². The van der Waals surface area contributed by atoms with Crippen molar-refractivity contribution in [1.82, 2.24) is 9.47 Å². The maximum atomic E-state index is 12.5. The predicted octanol–water partition coefficient (Wildman–Crippen LogP) is 3.20. The van der Waals surface area contributed by atoms with Gasteiger partial charge in [-0.05, 0) is 46.6 Å². The average molecular weight is 374 g/mol. The second kappa shape index (κ2) is 7.87. The molecule has 1 aliphatic carbocycles. The summed E-state index contributed by atoms with van der Waals surface area (Å²) in [4.78, 5) is 39.0. The summed E-state index contributed by atoms with van der Waals surface area (Å²) in [6.07, 6.45) is 4.54. The SMILES string of the molecule is Cc1cc(C(=O)COC(=O)[C@@H]2CC(=O)N(C3CCCC3)C2)c(C)n1C(C)C. The highest BCUT2D eigenvalue weighted by molar-refractivity contribution is 5.99. The molecule has 2 heterocycles. The van der Waals surface area contributed by atoms with Crippen molar-refractivity contribution < 1.29 is 19.1 Å². The summed E-state index contributed by atoms with van der Waals surface area (Å²) in [5, 5.41) is 0. The zero-order valence-electron chi connectivity index (χ0n) is 16.8. The molecular weight excluding hydrogens is 344 g/mol. The van der Waals surface area contributed by atoms with E-state index in [1.54, 1.807) is 0 Å². The lowest BCUT2D eigenvalue weighted by molar-refractivity contribution is -0.147. The topological polar surface area (TPSA) is 68.6 Å². The van der Waals surface area contributed by atoms with Gasteiger partial charge in [-0.15, -0.1) is 0 Å². The maximum absolute atomic E-state index is 12.5. The van der Waals surface area contributed by atoms with Crippen LogP contribution >= 0.6 is 0 Å². The van der Waals surface area contributed by atoms with Crippen LogP contribution in [0.3, 0.4) is 0 Å². The van der Waals surface area contributed by atoms with E-state index in [0.29, 0.717) is 12.1 Å². The van der Waals surface area contributed by atoms with Gasteiger partial charge in [-0.3, -0.25) is 14.4 Å². The lowest BCUT2D eigenvalue weighted by Crippen LogP contribution is -2.35. The monoisotopic (exact) mass is 374 g/mol. The van der Waals surface area contributed by atoms with Crippen molar-refractivity contribution in [1.29, 1.82) is 0 Å². The Balaban J connectivity index is 1.57. The lowest BCUT2D eigenvalue weighted by atomic mass is 10.1. The number of ether oxygens (including phenoxy) is 1. The second-order valence-corrected chi connectivity index (χ2v) is 8.16. The highest BCUT2D eigenvalue weighted by Crippen LogP contribution is 2.30. The van der Waals surface area contributed by atoms with Gasteiger partial charge in [-0.25, -0.2) is 0 Å². The van der Waals surface area contributed by atoms with Gasteiger partial charge in [0.1, 0.15) is 0 Å². The molecule has 3 rings (SSSR count). The molecule has 1 amide bonds. The Morgan fingerprint density at radius 2 is 1.89 bits per heavy atom. The van der Waals surface area contributed by atoms with Crippen LogP contribution in [-0.2, 0) is 14.3 Å². The van der Waals surface area contributed by atoms with E-state index in [1.807, 2.05) is 24.8 Å². The zero-order valence-corrected chi connectivity index (χ0v) is 16.8. The number of carbonyl (C=O) groups is 3. The molecule has 0 spiro atoms. The molecule has 0 N–H and O–H groups in total. The average Bonchev–Trinajstić information content (AvgIpc) is 3.31. The van der Waals surface area contributed by atoms with Gasteiger partial charge in [0.15, 0.2) is 6.61 Å². The molecule has 1 aromatic rings. The van der Waals surface area contributed by atoms with Gasteiger partial charge in [0, 0.05) is 42.0 Å². The first-order chi connectivity index (χ1) is 12.8. The number of Topliss-reactive ketones (excluding diaryl/α,β-unsaturated/α-hetero) is 1. The number of hydrogen-bond donors (Lipinski definition) is 0. The number of carbonyl (C=O) groups excluding carboxylic acids is 3. The predicted molar refractivity (Wildman–Crippen MR) is 102 cm³/mol. The summed E-state index contributed by atoms with van der Waals surface area (Å²) in [6, 6.07) is 2.39.